The first-order valence-corrected chi connectivity index (χ1v) is 8.45. The molecule has 1 fully saturated rings. The molecule has 0 atom stereocenters. The monoisotopic (exact) mass is 375 g/mol. The van der Waals surface area contributed by atoms with E-state index in [1.54, 1.807) is 19.4 Å². The molecule has 0 aromatic heterocycles. The minimum atomic E-state index is -0.529. The van der Waals surface area contributed by atoms with Crippen LogP contribution < -0.4 is 9.64 Å². The van der Waals surface area contributed by atoms with Crippen LogP contribution in [0, 0.1) is 10.1 Å². The zero-order valence-corrected chi connectivity index (χ0v) is 15.0. The van der Waals surface area contributed by atoms with Gasteiger partial charge < -0.3 is 14.4 Å². The van der Waals surface area contributed by atoms with Crippen LogP contribution in [0.2, 0.25) is 5.02 Å². The summed E-state index contributed by atoms with van der Waals surface area (Å²) in [6.07, 6.45) is 1.62. The second-order valence-electron chi connectivity index (χ2n) is 5.68. The summed E-state index contributed by atoms with van der Waals surface area (Å²) >= 11 is 5.82. The zero-order valence-electron chi connectivity index (χ0n) is 14.2. The maximum atomic E-state index is 11.0. The van der Waals surface area contributed by atoms with Gasteiger partial charge in [-0.25, -0.2) is 0 Å². The van der Waals surface area contributed by atoms with Crippen LogP contribution in [0.5, 0.6) is 5.75 Å². The molecule has 0 unspecified atom stereocenters. The molecule has 0 bridgehead atoms. The highest BCUT2D eigenvalue weighted by molar-refractivity contribution is 6.32. The molecule has 0 radical (unpaired) electrons. The van der Waals surface area contributed by atoms with Gasteiger partial charge in [-0.05, 0) is 24.3 Å². The van der Waals surface area contributed by atoms with Gasteiger partial charge in [-0.2, -0.15) is 0 Å². The van der Waals surface area contributed by atoms with Gasteiger partial charge in [0, 0.05) is 42.7 Å². The minimum absolute atomic E-state index is 0.0846. The normalized spacial score (nSPS) is 14.6. The number of nitrogens with zero attached hydrogens (tertiary/aromatic N) is 3. The fraction of sp³-hybridized carbons (Fsp3) is 0.278. The number of nitro benzene ring substituents is 1. The van der Waals surface area contributed by atoms with Crippen LogP contribution in [0.1, 0.15) is 5.56 Å². The molecule has 1 aliphatic rings. The van der Waals surface area contributed by atoms with E-state index in [2.05, 4.69) is 9.89 Å². The van der Waals surface area contributed by atoms with Crippen molar-refractivity contribution in [3.8, 4) is 5.75 Å². The van der Waals surface area contributed by atoms with E-state index < -0.39 is 4.92 Å². The molecular formula is C18H18ClN3O4. The van der Waals surface area contributed by atoms with Crippen molar-refractivity contribution in [2.24, 2.45) is 4.99 Å². The largest absolute Gasteiger partial charge is 0.496 e. The van der Waals surface area contributed by atoms with Crippen LogP contribution in [0.3, 0.4) is 0 Å². The molecule has 136 valence electrons. The average molecular weight is 376 g/mol. The van der Waals surface area contributed by atoms with E-state index in [1.807, 2.05) is 18.2 Å². The Labute approximate surface area is 156 Å². The van der Waals surface area contributed by atoms with Crippen LogP contribution in [-0.4, -0.2) is 44.6 Å². The maximum Gasteiger partial charge on any atom is 0.290 e. The second-order valence-corrected chi connectivity index (χ2v) is 6.08. The highest BCUT2D eigenvalue weighted by Gasteiger charge is 2.14. The van der Waals surface area contributed by atoms with E-state index in [-0.39, 0.29) is 10.7 Å². The van der Waals surface area contributed by atoms with E-state index in [1.165, 1.54) is 12.1 Å². The van der Waals surface area contributed by atoms with Gasteiger partial charge >= 0.3 is 0 Å². The Morgan fingerprint density at radius 3 is 2.73 bits per heavy atom. The minimum Gasteiger partial charge on any atom is -0.496 e. The van der Waals surface area contributed by atoms with Gasteiger partial charge in [-0.3, -0.25) is 15.1 Å². The summed E-state index contributed by atoms with van der Waals surface area (Å²) in [5.41, 5.74) is 2.11. The zero-order chi connectivity index (χ0) is 18.5. The fourth-order valence-corrected chi connectivity index (χ4v) is 2.88. The molecule has 0 N–H and O–H groups in total. The lowest BCUT2D eigenvalue weighted by Gasteiger charge is -2.29. The molecular weight excluding hydrogens is 358 g/mol. The van der Waals surface area contributed by atoms with Gasteiger partial charge in [-0.1, -0.05) is 11.6 Å². The molecule has 0 amide bonds. The number of benzene rings is 2. The van der Waals surface area contributed by atoms with Gasteiger partial charge in [-0.15, -0.1) is 0 Å². The topological polar surface area (TPSA) is 77.2 Å². The quantitative estimate of drug-likeness (QED) is 0.450. The molecule has 3 rings (SSSR count). The number of nitro groups is 1. The Kier molecular flexibility index (Phi) is 5.70. The molecule has 0 saturated carbocycles. The lowest BCUT2D eigenvalue weighted by atomic mass is 10.1. The van der Waals surface area contributed by atoms with E-state index >= 15 is 0 Å². The second kappa shape index (κ2) is 8.16. The highest BCUT2D eigenvalue weighted by atomic mass is 35.5. The van der Waals surface area contributed by atoms with Crippen molar-refractivity contribution in [1.29, 1.82) is 0 Å². The summed E-state index contributed by atoms with van der Waals surface area (Å²) < 4.78 is 10.8. The summed E-state index contributed by atoms with van der Waals surface area (Å²) in [6.45, 7) is 3.10. The van der Waals surface area contributed by atoms with Crippen LogP contribution >= 0.6 is 11.6 Å². The number of ether oxygens (including phenoxy) is 2. The highest BCUT2D eigenvalue weighted by Crippen LogP contribution is 2.30. The number of anilines is 1. The Bertz CT molecular complexity index is 835. The molecule has 1 heterocycles. The summed E-state index contributed by atoms with van der Waals surface area (Å²) in [4.78, 5) is 17.0. The summed E-state index contributed by atoms with van der Waals surface area (Å²) in [5.74, 6) is 0.682. The van der Waals surface area contributed by atoms with Gasteiger partial charge in [0.1, 0.15) is 10.8 Å². The third kappa shape index (κ3) is 4.12. The maximum absolute atomic E-state index is 11.0. The first-order chi connectivity index (χ1) is 12.6. The van der Waals surface area contributed by atoms with Crippen LogP contribution in [0.15, 0.2) is 41.4 Å². The standard InChI is InChI=1S/C18H18ClN3O4/c1-25-18-11-15(21-6-8-26-9-7-21)4-2-13(18)12-20-14-3-5-16(19)17(10-14)22(23)24/h2-5,10-12H,6-9H2,1H3. The predicted molar refractivity (Wildman–Crippen MR) is 101 cm³/mol. The van der Waals surface area contributed by atoms with Gasteiger partial charge in [0.15, 0.2) is 0 Å². The van der Waals surface area contributed by atoms with Gasteiger partial charge in [0.2, 0.25) is 0 Å². The van der Waals surface area contributed by atoms with E-state index in [9.17, 15) is 10.1 Å². The number of hydrogen-bond acceptors (Lipinski definition) is 6. The number of morpholine rings is 1. The lowest BCUT2D eigenvalue weighted by Crippen LogP contribution is -2.36. The molecule has 2 aromatic rings. The van der Waals surface area contributed by atoms with Crippen LogP contribution in [0.4, 0.5) is 17.1 Å². The Hall–Kier alpha value is -2.64. The molecule has 2 aromatic carbocycles. The third-order valence-corrected chi connectivity index (χ3v) is 4.39. The molecule has 7 nitrogen and oxygen atoms in total. The molecule has 1 aliphatic heterocycles. The molecule has 1 saturated heterocycles. The van der Waals surface area contributed by atoms with Crippen LogP contribution in [0.25, 0.3) is 0 Å². The SMILES string of the molecule is COc1cc(N2CCOCC2)ccc1C=Nc1ccc(Cl)c([N+](=O)[O-])c1. The number of hydrogen-bond donors (Lipinski definition) is 0. The van der Waals surface area contributed by atoms with Gasteiger partial charge in [0.05, 0.1) is 30.9 Å². The third-order valence-electron chi connectivity index (χ3n) is 4.07. The van der Waals surface area contributed by atoms with Crippen molar-refractivity contribution in [3.05, 3.63) is 57.1 Å². The van der Waals surface area contributed by atoms with E-state index in [0.29, 0.717) is 24.7 Å². The lowest BCUT2D eigenvalue weighted by molar-refractivity contribution is -0.384. The molecule has 8 heteroatoms. The smallest absolute Gasteiger partial charge is 0.290 e. The first kappa shape index (κ1) is 18.2. The number of rotatable bonds is 5. The van der Waals surface area contributed by atoms with E-state index in [0.717, 1.165) is 24.3 Å². The average Bonchev–Trinajstić information content (AvgIpc) is 2.67. The fourth-order valence-electron chi connectivity index (χ4n) is 2.69. The molecule has 26 heavy (non-hydrogen) atoms. The van der Waals surface area contributed by atoms with Crippen molar-refractivity contribution in [2.45, 2.75) is 0 Å². The Morgan fingerprint density at radius 1 is 1.27 bits per heavy atom. The van der Waals surface area contributed by atoms with Crippen LogP contribution in [-0.2, 0) is 4.74 Å². The first-order valence-electron chi connectivity index (χ1n) is 8.07. The number of aliphatic imine (C=N–C) groups is 1. The molecule has 0 spiro atoms. The van der Waals surface area contributed by atoms with Crippen molar-refractivity contribution in [2.75, 3.05) is 38.3 Å². The van der Waals surface area contributed by atoms with E-state index in [4.69, 9.17) is 21.1 Å². The summed E-state index contributed by atoms with van der Waals surface area (Å²) in [5, 5.41) is 11.1. The summed E-state index contributed by atoms with van der Waals surface area (Å²) in [6, 6.07) is 10.3. The van der Waals surface area contributed by atoms with Gasteiger partial charge in [0.25, 0.3) is 5.69 Å². The van der Waals surface area contributed by atoms with Crippen molar-refractivity contribution in [3.63, 3.8) is 0 Å². The Balaban J connectivity index is 1.84. The number of halogens is 1. The van der Waals surface area contributed by atoms with Crippen molar-refractivity contribution >= 4 is 34.9 Å². The Morgan fingerprint density at radius 2 is 2.04 bits per heavy atom. The predicted octanol–water partition coefficient (Wildman–Crippen LogP) is 3.84. The molecule has 0 aliphatic carbocycles. The van der Waals surface area contributed by atoms with Crippen molar-refractivity contribution < 1.29 is 14.4 Å². The number of methoxy groups -OCH3 is 1. The summed E-state index contributed by atoms with van der Waals surface area (Å²) in [7, 11) is 1.60. The van der Waals surface area contributed by atoms with Crippen molar-refractivity contribution in [1.82, 2.24) is 0 Å².